The number of nitrogens with one attached hydrogen (secondary N) is 2. The van der Waals surface area contributed by atoms with Crippen LogP contribution in [0.25, 0.3) is 10.9 Å². The molecule has 19 heavy (non-hydrogen) atoms. The summed E-state index contributed by atoms with van der Waals surface area (Å²) in [5, 5.41) is 6.39. The number of hydrogen-bond acceptors (Lipinski definition) is 3. The first-order valence-electron chi connectivity index (χ1n) is 6.17. The molecule has 96 valence electrons. The third kappa shape index (κ3) is 2.40. The maximum atomic E-state index is 11.9. The second-order valence-corrected chi connectivity index (χ2v) is 4.56. The van der Waals surface area contributed by atoms with Crippen LogP contribution in [0.3, 0.4) is 0 Å². The van der Waals surface area contributed by atoms with Gasteiger partial charge in [0.25, 0.3) is 0 Å². The van der Waals surface area contributed by atoms with Gasteiger partial charge >= 0.3 is 0 Å². The van der Waals surface area contributed by atoms with E-state index in [9.17, 15) is 9.59 Å². The molecule has 2 N–H and O–H groups in total. The number of amides is 2. The molecule has 1 saturated heterocycles. The second kappa shape index (κ2) is 4.68. The molecule has 3 rings (SSSR count). The molecule has 1 aromatic carbocycles. The van der Waals surface area contributed by atoms with E-state index in [4.69, 9.17) is 0 Å². The summed E-state index contributed by atoms with van der Waals surface area (Å²) >= 11 is 0. The van der Waals surface area contributed by atoms with Gasteiger partial charge in [0.05, 0.1) is 17.4 Å². The Morgan fingerprint density at radius 3 is 3.00 bits per heavy atom. The smallest absolute Gasteiger partial charge is 0.247 e. The first-order valence-corrected chi connectivity index (χ1v) is 6.17. The fourth-order valence-electron chi connectivity index (χ4n) is 2.18. The quantitative estimate of drug-likeness (QED) is 0.853. The summed E-state index contributed by atoms with van der Waals surface area (Å²) in [4.78, 5) is 27.3. The lowest BCUT2D eigenvalue weighted by molar-refractivity contribution is -0.122. The van der Waals surface area contributed by atoms with Crippen molar-refractivity contribution in [3.63, 3.8) is 0 Å². The molecule has 2 aromatic rings. The van der Waals surface area contributed by atoms with Crippen LogP contribution in [0.5, 0.6) is 0 Å². The van der Waals surface area contributed by atoms with Crippen LogP contribution < -0.4 is 10.6 Å². The van der Waals surface area contributed by atoms with Gasteiger partial charge in [-0.2, -0.15) is 0 Å². The fourth-order valence-corrected chi connectivity index (χ4v) is 2.18. The molecule has 0 aliphatic carbocycles. The van der Waals surface area contributed by atoms with Gasteiger partial charge in [-0.3, -0.25) is 14.6 Å². The molecule has 1 unspecified atom stereocenters. The van der Waals surface area contributed by atoms with Crippen molar-refractivity contribution in [3.05, 3.63) is 36.5 Å². The number of aromatic nitrogens is 1. The highest BCUT2D eigenvalue weighted by Gasteiger charge is 2.27. The molecule has 1 aliphatic rings. The average Bonchev–Trinajstić information content (AvgIpc) is 2.85. The van der Waals surface area contributed by atoms with Gasteiger partial charge in [-0.25, -0.2) is 0 Å². The summed E-state index contributed by atoms with van der Waals surface area (Å²) in [6, 6.07) is 9.14. The number of rotatable bonds is 2. The normalized spacial score (nSPS) is 18.3. The molecular formula is C14H13N3O2. The second-order valence-electron chi connectivity index (χ2n) is 4.56. The van der Waals surface area contributed by atoms with E-state index in [-0.39, 0.29) is 11.8 Å². The van der Waals surface area contributed by atoms with Crippen molar-refractivity contribution in [2.45, 2.75) is 18.9 Å². The fraction of sp³-hybridized carbons (Fsp3) is 0.214. The lowest BCUT2D eigenvalue weighted by Crippen LogP contribution is -2.37. The zero-order chi connectivity index (χ0) is 13.2. The predicted molar refractivity (Wildman–Crippen MR) is 71.5 cm³/mol. The highest BCUT2D eigenvalue weighted by molar-refractivity contribution is 5.99. The molecule has 0 bridgehead atoms. The van der Waals surface area contributed by atoms with E-state index in [0.717, 1.165) is 10.9 Å². The minimum atomic E-state index is -0.432. The maximum Gasteiger partial charge on any atom is 0.247 e. The molecule has 1 fully saturated rings. The average molecular weight is 255 g/mol. The van der Waals surface area contributed by atoms with E-state index in [1.807, 2.05) is 30.3 Å². The Kier molecular flexibility index (Phi) is 2.87. The van der Waals surface area contributed by atoms with Gasteiger partial charge in [-0.05, 0) is 18.6 Å². The largest absolute Gasteiger partial charge is 0.344 e. The Morgan fingerprint density at radius 2 is 2.21 bits per heavy atom. The number of nitrogens with zero attached hydrogens (tertiary/aromatic N) is 1. The summed E-state index contributed by atoms with van der Waals surface area (Å²) in [6.07, 6.45) is 2.58. The van der Waals surface area contributed by atoms with Crippen LogP contribution in [0.4, 0.5) is 5.69 Å². The number of hydrogen-bond donors (Lipinski definition) is 2. The summed E-state index contributed by atoms with van der Waals surface area (Å²) in [5.41, 5.74) is 1.53. The molecule has 0 spiro atoms. The van der Waals surface area contributed by atoms with Gasteiger partial charge in [-0.15, -0.1) is 0 Å². The molecular weight excluding hydrogens is 242 g/mol. The number of anilines is 1. The van der Waals surface area contributed by atoms with Gasteiger partial charge in [0.1, 0.15) is 6.04 Å². The topological polar surface area (TPSA) is 71.1 Å². The van der Waals surface area contributed by atoms with E-state index in [1.54, 1.807) is 6.20 Å². The highest BCUT2D eigenvalue weighted by atomic mass is 16.2. The number of benzene rings is 1. The Bertz CT molecular complexity index is 654. The third-order valence-electron chi connectivity index (χ3n) is 3.17. The number of fused-ring (bicyclic) bond motifs is 1. The van der Waals surface area contributed by atoms with E-state index in [1.165, 1.54) is 0 Å². The van der Waals surface area contributed by atoms with Gasteiger partial charge < -0.3 is 10.6 Å². The number of carbonyl (C=O) groups is 2. The minimum absolute atomic E-state index is 0.0724. The van der Waals surface area contributed by atoms with Crippen LogP contribution in [-0.4, -0.2) is 22.8 Å². The Labute approximate surface area is 110 Å². The monoisotopic (exact) mass is 255 g/mol. The Morgan fingerprint density at radius 1 is 1.37 bits per heavy atom. The van der Waals surface area contributed by atoms with Crippen molar-refractivity contribution >= 4 is 28.4 Å². The van der Waals surface area contributed by atoms with Crippen LogP contribution in [0.1, 0.15) is 12.8 Å². The van der Waals surface area contributed by atoms with Crippen molar-refractivity contribution in [1.29, 1.82) is 0 Å². The predicted octanol–water partition coefficient (Wildman–Crippen LogP) is 1.45. The van der Waals surface area contributed by atoms with Crippen molar-refractivity contribution < 1.29 is 9.59 Å². The van der Waals surface area contributed by atoms with Gasteiger partial charge in [0.15, 0.2) is 0 Å². The molecule has 1 aliphatic heterocycles. The van der Waals surface area contributed by atoms with Crippen LogP contribution in [0.15, 0.2) is 36.5 Å². The van der Waals surface area contributed by atoms with Gasteiger partial charge in [-0.1, -0.05) is 18.2 Å². The third-order valence-corrected chi connectivity index (χ3v) is 3.17. The van der Waals surface area contributed by atoms with Gasteiger partial charge in [0.2, 0.25) is 11.8 Å². The van der Waals surface area contributed by atoms with Crippen LogP contribution in [0.2, 0.25) is 0 Å². The van der Waals surface area contributed by atoms with Crippen molar-refractivity contribution in [2.75, 3.05) is 5.32 Å². The zero-order valence-electron chi connectivity index (χ0n) is 10.2. The van der Waals surface area contributed by atoms with Crippen LogP contribution in [-0.2, 0) is 9.59 Å². The lowest BCUT2D eigenvalue weighted by atomic mass is 10.2. The first-order chi connectivity index (χ1) is 9.22. The van der Waals surface area contributed by atoms with Crippen molar-refractivity contribution in [3.8, 4) is 0 Å². The summed E-state index contributed by atoms with van der Waals surface area (Å²) in [5.74, 6) is -0.264. The summed E-state index contributed by atoms with van der Waals surface area (Å²) in [7, 11) is 0. The molecule has 0 radical (unpaired) electrons. The first kappa shape index (κ1) is 11.6. The lowest BCUT2D eigenvalue weighted by Gasteiger charge is -2.11. The highest BCUT2D eigenvalue weighted by Crippen LogP contribution is 2.17. The van der Waals surface area contributed by atoms with Crippen LogP contribution in [0, 0.1) is 0 Å². The van der Waals surface area contributed by atoms with E-state index in [0.29, 0.717) is 18.5 Å². The van der Waals surface area contributed by atoms with Crippen LogP contribution >= 0.6 is 0 Å². The van der Waals surface area contributed by atoms with Gasteiger partial charge in [0, 0.05) is 11.8 Å². The number of pyridine rings is 1. The summed E-state index contributed by atoms with van der Waals surface area (Å²) < 4.78 is 0. The molecule has 2 amide bonds. The number of para-hydroxylation sites is 1. The Hall–Kier alpha value is -2.43. The molecule has 5 heteroatoms. The molecule has 1 atom stereocenters. The number of carbonyl (C=O) groups excluding carboxylic acids is 2. The SMILES string of the molecule is O=C1CCC(C(=O)Nc2cnc3ccccc3c2)N1. The van der Waals surface area contributed by atoms with E-state index < -0.39 is 6.04 Å². The van der Waals surface area contributed by atoms with Crippen molar-refractivity contribution in [1.82, 2.24) is 10.3 Å². The summed E-state index contributed by atoms with van der Waals surface area (Å²) in [6.45, 7) is 0. The Balaban J connectivity index is 1.77. The molecule has 5 nitrogen and oxygen atoms in total. The van der Waals surface area contributed by atoms with E-state index >= 15 is 0 Å². The maximum absolute atomic E-state index is 11.9. The molecule has 0 saturated carbocycles. The molecule has 2 heterocycles. The van der Waals surface area contributed by atoms with E-state index in [2.05, 4.69) is 15.6 Å². The zero-order valence-corrected chi connectivity index (χ0v) is 10.2. The standard InChI is InChI=1S/C14H13N3O2/c18-13-6-5-12(17-13)14(19)16-10-7-9-3-1-2-4-11(9)15-8-10/h1-4,7-8,12H,5-6H2,(H,16,19)(H,17,18). The minimum Gasteiger partial charge on any atom is -0.344 e. The van der Waals surface area contributed by atoms with Crippen molar-refractivity contribution in [2.24, 2.45) is 0 Å². The molecule has 1 aromatic heterocycles.